The zero-order valence-electron chi connectivity index (χ0n) is 18.5. The minimum absolute atomic E-state index is 0.0309. The average Bonchev–Trinajstić information content (AvgIpc) is 2.80. The Labute approximate surface area is 192 Å². The highest BCUT2D eigenvalue weighted by molar-refractivity contribution is 5.81. The lowest BCUT2D eigenvalue weighted by molar-refractivity contribution is -0.137. The van der Waals surface area contributed by atoms with Gasteiger partial charge in [-0.2, -0.15) is 0 Å². The highest BCUT2D eigenvalue weighted by Crippen LogP contribution is 2.30. The standard InChI is InChI=1S/C24H30N6O3/c25-23(26)29-11-8-20(9-12-29)33-19-5-3-16(4-6-19)21(22(31)32)17-2-1-15-7-10-30(24(27)28)14-18(15)13-17/h1-6,13,20-21H,7-12,14H2,(H3,25,26)(H3,27,28)(H,31,32). The van der Waals surface area contributed by atoms with Crippen LogP contribution in [0.25, 0.3) is 0 Å². The van der Waals surface area contributed by atoms with Gasteiger partial charge in [-0.3, -0.25) is 15.6 Å². The predicted molar refractivity (Wildman–Crippen MR) is 126 cm³/mol. The largest absolute Gasteiger partial charge is 0.490 e. The lowest BCUT2D eigenvalue weighted by Crippen LogP contribution is -2.44. The number of carboxylic acid groups (broad SMARTS) is 1. The number of nitrogens with zero attached hydrogens (tertiary/aromatic N) is 2. The van der Waals surface area contributed by atoms with E-state index in [0.29, 0.717) is 43.1 Å². The summed E-state index contributed by atoms with van der Waals surface area (Å²) in [6.45, 7) is 2.59. The monoisotopic (exact) mass is 450 g/mol. The molecule has 7 N–H and O–H groups in total. The van der Waals surface area contributed by atoms with Crippen LogP contribution in [-0.2, 0) is 17.8 Å². The van der Waals surface area contributed by atoms with Gasteiger partial charge in [-0.25, -0.2) is 0 Å². The van der Waals surface area contributed by atoms with Crippen LogP contribution in [0, 0.1) is 10.8 Å². The maximum Gasteiger partial charge on any atom is 0.315 e. The molecule has 0 amide bonds. The number of benzene rings is 2. The van der Waals surface area contributed by atoms with E-state index in [4.69, 9.17) is 27.0 Å². The highest BCUT2D eigenvalue weighted by atomic mass is 16.5. The third-order valence-corrected chi connectivity index (χ3v) is 6.46. The molecule has 2 aromatic carbocycles. The number of piperidine rings is 1. The van der Waals surface area contributed by atoms with Crippen LogP contribution in [-0.4, -0.2) is 58.5 Å². The van der Waals surface area contributed by atoms with Gasteiger partial charge in [0.2, 0.25) is 0 Å². The number of nitrogens with one attached hydrogen (secondary N) is 2. The number of ether oxygens (including phenoxy) is 1. The Kier molecular flexibility index (Phi) is 6.39. The fraction of sp³-hybridized carbons (Fsp3) is 0.375. The number of guanidine groups is 2. The molecular formula is C24H30N6O3. The molecule has 0 saturated carbocycles. The van der Waals surface area contributed by atoms with Gasteiger partial charge in [-0.15, -0.1) is 0 Å². The first-order valence-electron chi connectivity index (χ1n) is 11.1. The molecule has 33 heavy (non-hydrogen) atoms. The Hall–Kier alpha value is -3.75. The van der Waals surface area contributed by atoms with E-state index in [1.165, 1.54) is 5.56 Å². The third-order valence-electron chi connectivity index (χ3n) is 6.46. The van der Waals surface area contributed by atoms with Crippen LogP contribution in [0.3, 0.4) is 0 Å². The molecule has 2 aliphatic heterocycles. The molecule has 1 fully saturated rings. The van der Waals surface area contributed by atoms with Gasteiger partial charge in [0.25, 0.3) is 0 Å². The summed E-state index contributed by atoms with van der Waals surface area (Å²) in [6.07, 6.45) is 2.40. The summed E-state index contributed by atoms with van der Waals surface area (Å²) in [5, 5.41) is 25.2. The van der Waals surface area contributed by atoms with Gasteiger partial charge in [-0.1, -0.05) is 30.3 Å². The van der Waals surface area contributed by atoms with Crippen LogP contribution in [0.2, 0.25) is 0 Å². The second-order valence-electron chi connectivity index (χ2n) is 8.61. The number of fused-ring (bicyclic) bond motifs is 1. The molecule has 9 heteroatoms. The minimum Gasteiger partial charge on any atom is -0.490 e. The number of rotatable bonds is 5. The molecular weight excluding hydrogens is 420 g/mol. The van der Waals surface area contributed by atoms with Crippen molar-refractivity contribution in [3.63, 3.8) is 0 Å². The molecule has 0 aromatic heterocycles. The second kappa shape index (κ2) is 9.40. The molecule has 0 bridgehead atoms. The SMILES string of the molecule is N=C(N)N1CCC(Oc2ccc(C(C(=O)O)c3ccc4c(c3)CN(C(=N)N)CC4)cc2)CC1. The van der Waals surface area contributed by atoms with E-state index in [1.807, 2.05) is 35.2 Å². The van der Waals surface area contributed by atoms with Crippen molar-refractivity contribution in [3.8, 4) is 5.75 Å². The van der Waals surface area contributed by atoms with Gasteiger partial charge < -0.3 is 31.1 Å². The first-order valence-corrected chi connectivity index (χ1v) is 11.1. The fourth-order valence-corrected chi connectivity index (χ4v) is 4.59. The van der Waals surface area contributed by atoms with E-state index in [1.54, 1.807) is 17.0 Å². The van der Waals surface area contributed by atoms with E-state index in [0.717, 1.165) is 24.8 Å². The van der Waals surface area contributed by atoms with E-state index < -0.39 is 11.9 Å². The van der Waals surface area contributed by atoms with Crippen molar-refractivity contribution in [1.29, 1.82) is 10.8 Å². The van der Waals surface area contributed by atoms with Crippen molar-refractivity contribution in [1.82, 2.24) is 9.80 Å². The number of likely N-dealkylation sites (tertiary alicyclic amines) is 1. The van der Waals surface area contributed by atoms with Crippen molar-refractivity contribution in [2.45, 2.75) is 37.8 Å². The van der Waals surface area contributed by atoms with Crippen LogP contribution in [0.15, 0.2) is 42.5 Å². The minimum atomic E-state index is -0.917. The van der Waals surface area contributed by atoms with E-state index in [-0.39, 0.29) is 18.0 Å². The number of nitrogens with two attached hydrogens (primary N) is 2. The molecule has 2 aromatic rings. The molecule has 174 valence electrons. The number of hydrogen-bond acceptors (Lipinski definition) is 4. The van der Waals surface area contributed by atoms with Crippen LogP contribution < -0.4 is 16.2 Å². The molecule has 1 atom stereocenters. The molecule has 0 aliphatic carbocycles. The predicted octanol–water partition coefficient (Wildman–Crippen LogP) is 1.89. The van der Waals surface area contributed by atoms with Crippen LogP contribution in [0.1, 0.15) is 41.0 Å². The summed E-state index contributed by atoms with van der Waals surface area (Å²) in [5.41, 5.74) is 14.8. The first-order chi connectivity index (χ1) is 15.8. The first kappa shape index (κ1) is 22.4. The van der Waals surface area contributed by atoms with Gasteiger partial charge in [-0.05, 0) is 40.8 Å². The van der Waals surface area contributed by atoms with Crippen LogP contribution >= 0.6 is 0 Å². The number of carboxylic acids is 1. The summed E-state index contributed by atoms with van der Waals surface area (Å²) in [6, 6.07) is 13.0. The maximum atomic E-state index is 12.2. The van der Waals surface area contributed by atoms with Crippen molar-refractivity contribution < 1.29 is 14.6 Å². The summed E-state index contributed by atoms with van der Waals surface area (Å²) in [5.74, 6) is -0.890. The van der Waals surface area contributed by atoms with Gasteiger partial charge >= 0.3 is 5.97 Å². The third kappa shape index (κ3) is 5.02. The molecule has 1 unspecified atom stereocenters. The zero-order valence-corrected chi connectivity index (χ0v) is 18.5. The maximum absolute atomic E-state index is 12.2. The van der Waals surface area contributed by atoms with Gasteiger partial charge in [0.15, 0.2) is 11.9 Å². The lowest BCUT2D eigenvalue weighted by atomic mass is 9.87. The number of aliphatic carboxylic acids is 1. The quantitative estimate of drug-likeness (QED) is 0.344. The molecule has 2 heterocycles. The van der Waals surface area contributed by atoms with Crippen molar-refractivity contribution in [2.24, 2.45) is 11.5 Å². The number of carbonyl (C=O) groups is 1. The van der Waals surface area contributed by atoms with Gasteiger partial charge in [0, 0.05) is 39.0 Å². The van der Waals surface area contributed by atoms with Crippen LogP contribution in [0.4, 0.5) is 0 Å². The van der Waals surface area contributed by atoms with Crippen LogP contribution in [0.5, 0.6) is 5.75 Å². The molecule has 0 spiro atoms. The van der Waals surface area contributed by atoms with E-state index in [9.17, 15) is 9.90 Å². The average molecular weight is 451 g/mol. The Morgan fingerprint density at radius 3 is 2.18 bits per heavy atom. The van der Waals surface area contributed by atoms with Gasteiger partial charge in [0.1, 0.15) is 17.8 Å². The topological polar surface area (TPSA) is 153 Å². The highest BCUT2D eigenvalue weighted by Gasteiger charge is 2.26. The molecule has 2 aliphatic rings. The summed E-state index contributed by atoms with van der Waals surface area (Å²) < 4.78 is 6.07. The Morgan fingerprint density at radius 1 is 0.939 bits per heavy atom. The molecule has 0 radical (unpaired) electrons. The van der Waals surface area contributed by atoms with Crippen molar-refractivity contribution in [2.75, 3.05) is 19.6 Å². The lowest BCUT2D eigenvalue weighted by Gasteiger charge is -2.32. The molecule has 1 saturated heterocycles. The fourth-order valence-electron chi connectivity index (χ4n) is 4.59. The van der Waals surface area contributed by atoms with E-state index in [2.05, 4.69) is 0 Å². The van der Waals surface area contributed by atoms with Crippen molar-refractivity contribution >= 4 is 17.9 Å². The molecule has 4 rings (SSSR count). The summed E-state index contributed by atoms with van der Waals surface area (Å²) in [7, 11) is 0. The Morgan fingerprint density at radius 2 is 1.58 bits per heavy atom. The Balaban J connectivity index is 1.48. The zero-order chi connectivity index (χ0) is 23.5. The Bertz CT molecular complexity index is 1050. The number of hydrogen-bond donors (Lipinski definition) is 5. The smallest absolute Gasteiger partial charge is 0.315 e. The van der Waals surface area contributed by atoms with Crippen molar-refractivity contribution in [3.05, 3.63) is 64.7 Å². The molecule has 9 nitrogen and oxygen atoms in total. The normalized spacial score (nSPS) is 17.2. The van der Waals surface area contributed by atoms with Gasteiger partial charge in [0.05, 0.1) is 0 Å². The second-order valence-corrected chi connectivity index (χ2v) is 8.61. The summed E-state index contributed by atoms with van der Waals surface area (Å²) in [4.78, 5) is 15.8. The van der Waals surface area contributed by atoms with E-state index >= 15 is 0 Å². The summed E-state index contributed by atoms with van der Waals surface area (Å²) >= 11 is 0.